The van der Waals surface area contributed by atoms with Gasteiger partial charge in [-0.2, -0.15) is 15.0 Å². The zero-order valence-corrected chi connectivity index (χ0v) is 17.4. The molecule has 4 aromatic rings. The smallest absolute Gasteiger partial charge is 0.176 e. The second-order valence-electron chi connectivity index (χ2n) is 6.94. The van der Waals surface area contributed by atoms with Gasteiger partial charge in [0.25, 0.3) is 0 Å². The lowest BCUT2D eigenvalue weighted by Crippen LogP contribution is -2.08. The standard InChI is InChI=1S/C21H19N7S/c1-13-5-6-15(7-14(13)2)17-10-29-21-18(17)20(23-11-24-21)28-19(25-12-27(3)4)16(8-22)9-26-28/h5-7,9-12H,1-4H3. The average Bonchev–Trinajstić information content (AvgIpc) is 3.32. The molecule has 0 saturated carbocycles. The molecule has 0 spiro atoms. The van der Waals surface area contributed by atoms with E-state index < -0.39 is 0 Å². The number of rotatable bonds is 4. The summed E-state index contributed by atoms with van der Waals surface area (Å²) in [6, 6.07) is 8.55. The average molecular weight is 401 g/mol. The van der Waals surface area contributed by atoms with Crippen LogP contribution < -0.4 is 0 Å². The highest BCUT2D eigenvalue weighted by Crippen LogP contribution is 2.37. The van der Waals surface area contributed by atoms with Crippen LogP contribution in [0.15, 0.2) is 41.1 Å². The van der Waals surface area contributed by atoms with Gasteiger partial charge < -0.3 is 4.90 Å². The third-order valence-electron chi connectivity index (χ3n) is 4.64. The molecule has 7 nitrogen and oxygen atoms in total. The minimum atomic E-state index is 0.387. The molecule has 0 bridgehead atoms. The van der Waals surface area contributed by atoms with Crippen molar-refractivity contribution in [3.8, 4) is 23.0 Å². The van der Waals surface area contributed by atoms with Crippen LogP contribution in [0.25, 0.3) is 27.2 Å². The zero-order chi connectivity index (χ0) is 20.5. The van der Waals surface area contributed by atoms with Gasteiger partial charge in [0.15, 0.2) is 11.6 Å². The summed E-state index contributed by atoms with van der Waals surface area (Å²) in [5.41, 5.74) is 5.00. The van der Waals surface area contributed by atoms with Gasteiger partial charge in [0, 0.05) is 25.0 Å². The number of aromatic nitrogens is 4. The molecule has 0 aliphatic carbocycles. The van der Waals surface area contributed by atoms with Crippen molar-refractivity contribution in [3.63, 3.8) is 0 Å². The fraction of sp³-hybridized carbons (Fsp3) is 0.190. The van der Waals surface area contributed by atoms with E-state index in [0.717, 1.165) is 21.3 Å². The third-order valence-corrected chi connectivity index (χ3v) is 5.53. The molecule has 0 atom stereocenters. The van der Waals surface area contributed by atoms with E-state index in [0.29, 0.717) is 17.2 Å². The van der Waals surface area contributed by atoms with Crippen molar-refractivity contribution in [1.29, 1.82) is 5.26 Å². The first-order valence-electron chi connectivity index (χ1n) is 8.98. The third kappa shape index (κ3) is 3.37. The highest BCUT2D eigenvalue weighted by molar-refractivity contribution is 7.17. The molecule has 0 saturated heterocycles. The van der Waals surface area contributed by atoms with E-state index in [4.69, 9.17) is 0 Å². The van der Waals surface area contributed by atoms with Gasteiger partial charge in [-0.15, -0.1) is 11.3 Å². The van der Waals surface area contributed by atoms with Gasteiger partial charge >= 0.3 is 0 Å². The number of thiophene rings is 1. The SMILES string of the molecule is Cc1ccc(-c2csc3ncnc(-n4ncc(C#N)c4N=CN(C)C)c23)cc1C. The van der Waals surface area contributed by atoms with Crippen LogP contribution in [0.2, 0.25) is 0 Å². The molecule has 0 N–H and O–H groups in total. The molecule has 0 radical (unpaired) electrons. The van der Waals surface area contributed by atoms with Gasteiger partial charge in [-0.3, -0.25) is 0 Å². The Morgan fingerprint density at radius 2 is 2.03 bits per heavy atom. The largest absolute Gasteiger partial charge is 0.369 e. The first-order chi connectivity index (χ1) is 14.0. The van der Waals surface area contributed by atoms with Crippen LogP contribution in [-0.4, -0.2) is 45.1 Å². The molecule has 0 aliphatic heterocycles. The van der Waals surface area contributed by atoms with Crippen molar-refractivity contribution >= 4 is 33.7 Å². The second kappa shape index (κ2) is 7.45. The maximum Gasteiger partial charge on any atom is 0.176 e. The van der Waals surface area contributed by atoms with Crippen LogP contribution in [-0.2, 0) is 0 Å². The molecule has 0 aliphatic rings. The normalized spacial score (nSPS) is 11.3. The van der Waals surface area contributed by atoms with Crippen LogP contribution in [0.3, 0.4) is 0 Å². The summed E-state index contributed by atoms with van der Waals surface area (Å²) in [4.78, 5) is 16.1. The molecule has 4 rings (SSSR count). The molecular formula is C21H19N7S. The highest BCUT2D eigenvalue weighted by Gasteiger charge is 2.19. The van der Waals surface area contributed by atoms with Crippen molar-refractivity contribution in [1.82, 2.24) is 24.6 Å². The van der Waals surface area contributed by atoms with Gasteiger partial charge in [-0.05, 0) is 30.5 Å². The minimum Gasteiger partial charge on any atom is -0.369 e. The monoisotopic (exact) mass is 401 g/mol. The summed E-state index contributed by atoms with van der Waals surface area (Å²) in [6.07, 6.45) is 4.68. The Labute approximate surface area is 172 Å². The van der Waals surface area contributed by atoms with E-state index in [1.807, 2.05) is 14.1 Å². The molecule has 29 heavy (non-hydrogen) atoms. The fourth-order valence-corrected chi connectivity index (χ4v) is 3.92. The van der Waals surface area contributed by atoms with Gasteiger partial charge in [0.2, 0.25) is 0 Å². The lowest BCUT2D eigenvalue weighted by Gasteiger charge is -2.09. The van der Waals surface area contributed by atoms with Gasteiger partial charge in [0.1, 0.15) is 22.8 Å². The summed E-state index contributed by atoms with van der Waals surface area (Å²) in [6.45, 7) is 4.20. The quantitative estimate of drug-likeness (QED) is 0.377. The Hall–Kier alpha value is -3.57. The highest BCUT2D eigenvalue weighted by atomic mass is 32.1. The Morgan fingerprint density at radius 3 is 2.76 bits per heavy atom. The fourth-order valence-electron chi connectivity index (χ4n) is 3.01. The van der Waals surface area contributed by atoms with E-state index in [-0.39, 0.29) is 0 Å². The Morgan fingerprint density at radius 1 is 1.21 bits per heavy atom. The molecule has 1 aromatic carbocycles. The van der Waals surface area contributed by atoms with E-state index in [1.54, 1.807) is 27.3 Å². The van der Waals surface area contributed by atoms with E-state index >= 15 is 0 Å². The topological polar surface area (TPSA) is 83.0 Å². The van der Waals surface area contributed by atoms with Crippen LogP contribution >= 0.6 is 11.3 Å². The summed E-state index contributed by atoms with van der Waals surface area (Å²) < 4.78 is 1.61. The van der Waals surface area contributed by atoms with Crippen molar-refractivity contribution < 1.29 is 0 Å². The van der Waals surface area contributed by atoms with E-state index in [2.05, 4.69) is 63.6 Å². The summed E-state index contributed by atoms with van der Waals surface area (Å²) in [7, 11) is 3.74. The van der Waals surface area contributed by atoms with Crippen LogP contribution in [0.1, 0.15) is 16.7 Å². The van der Waals surface area contributed by atoms with Crippen molar-refractivity contribution in [2.24, 2.45) is 4.99 Å². The number of benzene rings is 1. The molecule has 0 amide bonds. The lowest BCUT2D eigenvalue weighted by atomic mass is 10.0. The summed E-state index contributed by atoms with van der Waals surface area (Å²) >= 11 is 1.56. The van der Waals surface area contributed by atoms with Crippen molar-refractivity contribution in [2.45, 2.75) is 13.8 Å². The Bertz CT molecular complexity index is 1270. The Kier molecular flexibility index (Phi) is 4.82. The minimum absolute atomic E-state index is 0.387. The maximum absolute atomic E-state index is 9.48. The second-order valence-corrected chi connectivity index (χ2v) is 7.80. The molecule has 8 heteroatoms. The van der Waals surface area contributed by atoms with Crippen LogP contribution in [0, 0.1) is 25.2 Å². The van der Waals surface area contributed by atoms with Crippen molar-refractivity contribution in [2.75, 3.05) is 14.1 Å². The van der Waals surface area contributed by atoms with Gasteiger partial charge in [0.05, 0.1) is 17.9 Å². The van der Waals surface area contributed by atoms with Gasteiger partial charge in [-0.25, -0.2) is 15.0 Å². The first-order valence-corrected chi connectivity index (χ1v) is 9.86. The molecule has 3 aromatic heterocycles. The number of aryl methyl sites for hydroxylation is 2. The molecule has 0 fully saturated rings. The summed E-state index contributed by atoms with van der Waals surface area (Å²) in [5, 5.41) is 16.9. The van der Waals surface area contributed by atoms with Crippen LogP contribution in [0.5, 0.6) is 0 Å². The number of fused-ring (bicyclic) bond motifs is 1. The molecule has 0 unspecified atom stereocenters. The first kappa shape index (κ1) is 18.8. The van der Waals surface area contributed by atoms with E-state index in [9.17, 15) is 5.26 Å². The van der Waals surface area contributed by atoms with Crippen LogP contribution in [0.4, 0.5) is 5.82 Å². The molecular weight excluding hydrogens is 382 g/mol. The van der Waals surface area contributed by atoms with Crippen molar-refractivity contribution in [3.05, 3.63) is 52.8 Å². The molecule has 3 heterocycles. The Balaban J connectivity index is 1.97. The predicted molar refractivity (Wildman–Crippen MR) is 116 cm³/mol. The predicted octanol–water partition coefficient (Wildman–Crippen LogP) is 4.25. The number of nitrogens with zero attached hydrogens (tertiary/aromatic N) is 7. The number of aliphatic imine (C=N–C) groups is 1. The maximum atomic E-state index is 9.48. The van der Waals surface area contributed by atoms with E-state index in [1.165, 1.54) is 23.7 Å². The summed E-state index contributed by atoms with van der Waals surface area (Å²) in [5.74, 6) is 1.05. The number of hydrogen-bond donors (Lipinski definition) is 0. The number of hydrogen-bond acceptors (Lipinski definition) is 6. The van der Waals surface area contributed by atoms with Gasteiger partial charge in [-0.1, -0.05) is 18.2 Å². The molecule has 144 valence electrons. The lowest BCUT2D eigenvalue weighted by molar-refractivity contribution is 0.642. The zero-order valence-electron chi connectivity index (χ0n) is 16.6. The number of nitriles is 1.